The van der Waals surface area contributed by atoms with Gasteiger partial charge in [-0.3, -0.25) is 9.78 Å². The van der Waals surface area contributed by atoms with Gasteiger partial charge in [0.15, 0.2) is 0 Å². The van der Waals surface area contributed by atoms with E-state index in [1.807, 2.05) is 13.8 Å². The lowest BCUT2D eigenvalue weighted by molar-refractivity contribution is 0.0450. The van der Waals surface area contributed by atoms with Crippen LogP contribution in [0.4, 0.5) is 0 Å². The van der Waals surface area contributed by atoms with Crippen molar-refractivity contribution in [1.82, 2.24) is 9.88 Å². The molecule has 1 N–H and O–H groups in total. The predicted molar refractivity (Wildman–Crippen MR) is 84.9 cm³/mol. The third-order valence-electron chi connectivity index (χ3n) is 4.06. The fraction of sp³-hybridized carbons (Fsp3) is 0.647. The number of aliphatic hydroxyl groups excluding tert-OH is 1. The minimum absolute atomic E-state index is 0.0438. The van der Waals surface area contributed by atoms with Gasteiger partial charge in [0.05, 0.1) is 24.0 Å². The van der Waals surface area contributed by atoms with E-state index in [0.29, 0.717) is 17.9 Å². The van der Waals surface area contributed by atoms with Crippen LogP contribution in [0.3, 0.4) is 0 Å². The third-order valence-corrected chi connectivity index (χ3v) is 4.06. The normalized spacial score (nSPS) is 21.7. The molecule has 1 heterocycles. The van der Waals surface area contributed by atoms with Gasteiger partial charge in [0.1, 0.15) is 5.75 Å². The highest BCUT2D eigenvalue weighted by Crippen LogP contribution is 2.25. The number of rotatable bonds is 5. The zero-order valence-corrected chi connectivity index (χ0v) is 13.7. The number of carbonyl (C=O) groups is 1. The Labute approximate surface area is 132 Å². The highest BCUT2D eigenvalue weighted by molar-refractivity contribution is 5.94. The summed E-state index contributed by atoms with van der Waals surface area (Å²) in [6, 6.07) is 1.73. The monoisotopic (exact) mass is 306 g/mol. The molecule has 2 atom stereocenters. The maximum atomic E-state index is 12.5. The summed E-state index contributed by atoms with van der Waals surface area (Å²) in [5.41, 5.74) is 0.519. The largest absolute Gasteiger partial charge is 0.489 e. The van der Waals surface area contributed by atoms with E-state index >= 15 is 0 Å². The molecule has 2 unspecified atom stereocenters. The van der Waals surface area contributed by atoms with Crippen LogP contribution in [0.5, 0.6) is 5.75 Å². The van der Waals surface area contributed by atoms with Crippen LogP contribution in [0.15, 0.2) is 18.5 Å². The molecule has 1 aromatic rings. The molecular weight excluding hydrogens is 280 g/mol. The first-order chi connectivity index (χ1) is 10.5. The lowest BCUT2D eigenvalue weighted by Crippen LogP contribution is -2.38. The molecular formula is C17H26N2O3. The fourth-order valence-corrected chi connectivity index (χ4v) is 2.93. The zero-order valence-electron chi connectivity index (χ0n) is 13.7. The average Bonchev–Trinajstić information content (AvgIpc) is 2.48. The molecule has 1 amide bonds. The number of aliphatic hydroxyl groups is 1. The summed E-state index contributed by atoms with van der Waals surface area (Å²) in [4.78, 5) is 18.3. The Hall–Kier alpha value is -1.62. The molecule has 122 valence electrons. The Morgan fingerprint density at radius 1 is 1.41 bits per heavy atom. The summed E-state index contributed by atoms with van der Waals surface area (Å²) in [5, 5.41) is 10.0. The number of amides is 1. The van der Waals surface area contributed by atoms with Gasteiger partial charge in [0, 0.05) is 25.7 Å². The molecule has 0 aromatic carbocycles. The van der Waals surface area contributed by atoms with Crippen LogP contribution in [0.2, 0.25) is 0 Å². The second-order valence-electron chi connectivity index (χ2n) is 6.37. The Morgan fingerprint density at radius 3 is 2.82 bits per heavy atom. The van der Waals surface area contributed by atoms with Gasteiger partial charge in [-0.05, 0) is 32.8 Å². The Balaban J connectivity index is 2.00. The van der Waals surface area contributed by atoms with Crippen LogP contribution >= 0.6 is 0 Å². The Bertz CT molecular complexity index is 504. The fourth-order valence-electron chi connectivity index (χ4n) is 2.93. The van der Waals surface area contributed by atoms with Gasteiger partial charge < -0.3 is 14.7 Å². The van der Waals surface area contributed by atoms with Gasteiger partial charge in [-0.15, -0.1) is 0 Å². The van der Waals surface area contributed by atoms with E-state index in [1.54, 1.807) is 30.4 Å². The zero-order chi connectivity index (χ0) is 16.1. The van der Waals surface area contributed by atoms with Gasteiger partial charge in [0.25, 0.3) is 5.91 Å². The second kappa shape index (κ2) is 7.58. The summed E-state index contributed by atoms with van der Waals surface area (Å²) in [5.74, 6) is 0.692. The van der Waals surface area contributed by atoms with Gasteiger partial charge in [-0.1, -0.05) is 12.8 Å². The van der Waals surface area contributed by atoms with Crippen LogP contribution in [0.25, 0.3) is 0 Å². The van der Waals surface area contributed by atoms with Gasteiger partial charge in [0.2, 0.25) is 0 Å². The van der Waals surface area contributed by atoms with E-state index in [4.69, 9.17) is 4.74 Å². The van der Waals surface area contributed by atoms with Crippen molar-refractivity contribution in [3.8, 4) is 5.75 Å². The van der Waals surface area contributed by atoms with Gasteiger partial charge in [-0.2, -0.15) is 0 Å². The van der Waals surface area contributed by atoms with Crippen molar-refractivity contribution in [2.24, 2.45) is 5.92 Å². The van der Waals surface area contributed by atoms with Gasteiger partial charge >= 0.3 is 0 Å². The van der Waals surface area contributed by atoms with Crippen molar-refractivity contribution in [2.45, 2.75) is 51.7 Å². The van der Waals surface area contributed by atoms with Crippen molar-refractivity contribution in [1.29, 1.82) is 0 Å². The molecule has 5 nitrogen and oxygen atoms in total. The van der Waals surface area contributed by atoms with E-state index in [9.17, 15) is 9.90 Å². The molecule has 0 aliphatic heterocycles. The summed E-state index contributed by atoms with van der Waals surface area (Å²) in [6.45, 7) is 4.45. The number of pyridine rings is 1. The predicted octanol–water partition coefficient (Wildman–Crippen LogP) is 2.49. The van der Waals surface area contributed by atoms with Gasteiger partial charge in [-0.25, -0.2) is 0 Å². The molecule has 1 aliphatic carbocycles. The molecule has 1 aromatic heterocycles. The first-order valence-electron chi connectivity index (χ1n) is 8.02. The molecule has 0 bridgehead atoms. The second-order valence-corrected chi connectivity index (χ2v) is 6.37. The van der Waals surface area contributed by atoms with Crippen LogP contribution in [-0.2, 0) is 0 Å². The van der Waals surface area contributed by atoms with Crippen LogP contribution in [0.1, 0.15) is 49.9 Å². The summed E-state index contributed by atoms with van der Waals surface area (Å²) in [7, 11) is 1.78. The number of aromatic nitrogens is 1. The molecule has 0 spiro atoms. The lowest BCUT2D eigenvalue weighted by Gasteiger charge is -2.31. The Morgan fingerprint density at radius 2 is 2.14 bits per heavy atom. The van der Waals surface area contributed by atoms with Crippen molar-refractivity contribution in [2.75, 3.05) is 13.6 Å². The first-order valence-corrected chi connectivity index (χ1v) is 8.02. The number of carbonyl (C=O) groups excluding carboxylic acids is 1. The van der Waals surface area contributed by atoms with Crippen molar-refractivity contribution < 1.29 is 14.6 Å². The minimum Gasteiger partial charge on any atom is -0.489 e. The lowest BCUT2D eigenvalue weighted by atomic mass is 9.86. The summed E-state index contributed by atoms with van der Waals surface area (Å²) >= 11 is 0. The highest BCUT2D eigenvalue weighted by Gasteiger charge is 2.26. The molecule has 0 saturated heterocycles. The number of hydrogen-bond acceptors (Lipinski definition) is 4. The van der Waals surface area contributed by atoms with Crippen molar-refractivity contribution in [3.05, 3.63) is 24.0 Å². The van der Waals surface area contributed by atoms with Crippen molar-refractivity contribution in [3.63, 3.8) is 0 Å². The van der Waals surface area contributed by atoms with E-state index < -0.39 is 0 Å². The minimum atomic E-state index is -0.294. The van der Waals surface area contributed by atoms with E-state index in [1.165, 1.54) is 0 Å². The molecule has 1 fully saturated rings. The van der Waals surface area contributed by atoms with E-state index in [-0.39, 0.29) is 24.0 Å². The van der Waals surface area contributed by atoms with E-state index in [2.05, 4.69) is 4.98 Å². The van der Waals surface area contributed by atoms with Crippen LogP contribution in [0, 0.1) is 5.92 Å². The Kier molecular flexibility index (Phi) is 5.77. The number of hydrogen-bond donors (Lipinski definition) is 1. The van der Waals surface area contributed by atoms with Crippen LogP contribution in [-0.4, -0.2) is 46.7 Å². The van der Waals surface area contributed by atoms with Crippen molar-refractivity contribution >= 4 is 5.91 Å². The van der Waals surface area contributed by atoms with E-state index in [0.717, 1.165) is 25.7 Å². The smallest absolute Gasteiger partial charge is 0.255 e. The van der Waals surface area contributed by atoms with Crippen LogP contribution < -0.4 is 4.74 Å². The standard InChI is InChI=1S/C17H26N2O3/c1-12(2)22-15-8-14(9-18-10-15)17(21)19(3)11-13-6-4-5-7-16(13)20/h8-10,12-13,16,20H,4-7,11H2,1-3H3. The topological polar surface area (TPSA) is 62.7 Å². The molecule has 2 rings (SSSR count). The molecule has 1 aliphatic rings. The third kappa shape index (κ3) is 4.44. The summed E-state index contributed by atoms with van der Waals surface area (Å²) in [6.07, 6.45) is 6.95. The number of nitrogens with zero attached hydrogens (tertiary/aromatic N) is 2. The quantitative estimate of drug-likeness (QED) is 0.908. The molecule has 5 heteroatoms. The molecule has 1 saturated carbocycles. The first kappa shape index (κ1) is 16.7. The maximum absolute atomic E-state index is 12.5. The summed E-state index contributed by atoms with van der Waals surface area (Å²) < 4.78 is 5.58. The number of ether oxygens (including phenoxy) is 1. The highest BCUT2D eigenvalue weighted by atomic mass is 16.5. The SMILES string of the molecule is CC(C)Oc1cncc(C(=O)N(C)CC2CCCCC2O)c1. The average molecular weight is 306 g/mol. The maximum Gasteiger partial charge on any atom is 0.255 e. The molecule has 0 radical (unpaired) electrons. The molecule has 22 heavy (non-hydrogen) atoms.